The van der Waals surface area contributed by atoms with Crippen molar-refractivity contribution in [2.24, 2.45) is 0 Å². The van der Waals surface area contributed by atoms with E-state index in [9.17, 15) is 0 Å². The highest BCUT2D eigenvalue weighted by molar-refractivity contribution is 5.72. The van der Waals surface area contributed by atoms with Gasteiger partial charge in [0.2, 0.25) is 0 Å². The number of aromatic amines is 1. The molecule has 0 unspecified atom stereocenters. The Bertz CT molecular complexity index is 368. The third kappa shape index (κ3) is 1.65. The molecule has 0 saturated heterocycles. The molecular weight excluding hydrogens is 166 g/mol. The molecule has 5 nitrogen and oxygen atoms in total. The zero-order valence-electron chi connectivity index (χ0n) is 7.07. The zero-order valence-corrected chi connectivity index (χ0v) is 7.07. The van der Waals surface area contributed by atoms with E-state index < -0.39 is 0 Å². The number of pyridine rings is 1. The molecule has 0 atom stereocenters. The summed E-state index contributed by atoms with van der Waals surface area (Å²) >= 11 is 0. The molecule has 0 aliphatic heterocycles. The fraction of sp³-hybridized carbons (Fsp3) is 0. The minimum Gasteiger partial charge on any atom is -0.397 e. The number of nitrogen functional groups attached to an aromatic ring is 1. The van der Waals surface area contributed by atoms with E-state index in [1.165, 1.54) is 0 Å². The second kappa shape index (κ2) is 3.68. The molecule has 0 aliphatic rings. The van der Waals surface area contributed by atoms with Gasteiger partial charge in [-0.15, -0.1) is 0 Å². The molecule has 2 aromatic rings. The van der Waals surface area contributed by atoms with Gasteiger partial charge in [-0.2, -0.15) is 5.10 Å². The fourth-order valence-corrected chi connectivity index (χ4v) is 1.06. The third-order valence-electron chi connectivity index (χ3n) is 1.64. The van der Waals surface area contributed by atoms with Crippen molar-refractivity contribution in [3.05, 3.63) is 30.7 Å². The number of aromatic nitrogens is 3. The molecule has 2 aromatic heterocycles. The van der Waals surface area contributed by atoms with Gasteiger partial charge in [0.1, 0.15) is 0 Å². The van der Waals surface area contributed by atoms with Gasteiger partial charge in [-0.1, -0.05) is 0 Å². The first-order valence-electron chi connectivity index (χ1n) is 3.57. The fourth-order valence-electron chi connectivity index (χ4n) is 1.06. The molecule has 13 heavy (non-hydrogen) atoms. The highest BCUT2D eigenvalue weighted by Gasteiger charge is 2.01. The van der Waals surface area contributed by atoms with Crippen LogP contribution < -0.4 is 11.9 Å². The molecule has 68 valence electrons. The second-order valence-corrected chi connectivity index (χ2v) is 2.43. The quantitative estimate of drug-likeness (QED) is 0.609. The van der Waals surface area contributed by atoms with Crippen molar-refractivity contribution in [3.8, 4) is 11.3 Å². The number of rotatable bonds is 1. The molecule has 0 spiro atoms. The normalized spacial score (nSPS) is 9.23. The van der Waals surface area contributed by atoms with E-state index >= 15 is 0 Å². The number of nitrogens with one attached hydrogen (secondary N) is 1. The van der Waals surface area contributed by atoms with Gasteiger partial charge in [0, 0.05) is 18.0 Å². The molecule has 0 amide bonds. The number of hydrogen-bond donors (Lipinski definition) is 3. The van der Waals surface area contributed by atoms with Gasteiger partial charge in [0.05, 0.1) is 17.6 Å². The van der Waals surface area contributed by atoms with Crippen LogP contribution in [0, 0.1) is 0 Å². The molecule has 0 radical (unpaired) electrons. The molecular formula is C8H11N5. The molecule has 0 aliphatic carbocycles. The van der Waals surface area contributed by atoms with Crippen molar-refractivity contribution in [1.82, 2.24) is 21.3 Å². The van der Waals surface area contributed by atoms with Crippen LogP contribution >= 0.6 is 0 Å². The molecule has 2 heterocycles. The standard InChI is InChI=1S/C8H8N4.H3N/c9-7-5-10-3-1-6(7)8-2-4-11-12-8;/h1-5H,9H2,(H,11,12);1H3. The maximum absolute atomic E-state index is 5.70. The van der Waals surface area contributed by atoms with Crippen molar-refractivity contribution in [2.75, 3.05) is 5.73 Å². The molecule has 6 N–H and O–H groups in total. The van der Waals surface area contributed by atoms with Crippen molar-refractivity contribution in [2.45, 2.75) is 0 Å². The second-order valence-electron chi connectivity index (χ2n) is 2.43. The lowest BCUT2D eigenvalue weighted by atomic mass is 10.2. The Morgan fingerprint density at radius 1 is 1.23 bits per heavy atom. The van der Waals surface area contributed by atoms with Crippen LogP contribution in [-0.2, 0) is 0 Å². The molecule has 0 bridgehead atoms. The minimum atomic E-state index is 0. The summed E-state index contributed by atoms with van der Waals surface area (Å²) in [6, 6.07) is 3.72. The Labute approximate surface area is 75.6 Å². The summed E-state index contributed by atoms with van der Waals surface area (Å²) in [5, 5.41) is 6.68. The van der Waals surface area contributed by atoms with Crippen LogP contribution in [0.15, 0.2) is 30.7 Å². The van der Waals surface area contributed by atoms with Gasteiger partial charge in [-0.25, -0.2) is 0 Å². The first kappa shape index (κ1) is 9.21. The predicted molar refractivity (Wildman–Crippen MR) is 51.3 cm³/mol. The average Bonchev–Trinajstić information content (AvgIpc) is 2.57. The lowest BCUT2D eigenvalue weighted by Gasteiger charge is -1.99. The highest BCUT2D eigenvalue weighted by Crippen LogP contribution is 2.21. The summed E-state index contributed by atoms with van der Waals surface area (Å²) in [4.78, 5) is 3.90. The lowest BCUT2D eigenvalue weighted by molar-refractivity contribution is 1.09. The van der Waals surface area contributed by atoms with Crippen molar-refractivity contribution in [1.29, 1.82) is 0 Å². The van der Waals surface area contributed by atoms with E-state index in [0.717, 1.165) is 11.3 Å². The minimum absolute atomic E-state index is 0. The zero-order chi connectivity index (χ0) is 8.39. The Kier molecular flexibility index (Phi) is 2.61. The number of H-pyrrole nitrogens is 1. The van der Waals surface area contributed by atoms with Crippen LogP contribution in [0.1, 0.15) is 0 Å². The van der Waals surface area contributed by atoms with E-state index in [1.807, 2.05) is 12.1 Å². The largest absolute Gasteiger partial charge is 0.397 e. The lowest BCUT2D eigenvalue weighted by Crippen LogP contribution is -1.90. The first-order chi connectivity index (χ1) is 5.88. The van der Waals surface area contributed by atoms with Gasteiger partial charge < -0.3 is 11.9 Å². The Balaban J connectivity index is 0.000000845. The number of nitrogens with two attached hydrogens (primary N) is 1. The predicted octanol–water partition coefficient (Wildman–Crippen LogP) is 1.22. The molecule has 2 rings (SSSR count). The maximum atomic E-state index is 5.70. The summed E-state index contributed by atoms with van der Waals surface area (Å²) in [6.07, 6.45) is 5.01. The van der Waals surface area contributed by atoms with Crippen LogP contribution in [0.2, 0.25) is 0 Å². The first-order valence-corrected chi connectivity index (χ1v) is 3.57. The summed E-state index contributed by atoms with van der Waals surface area (Å²) < 4.78 is 0. The topological polar surface area (TPSA) is 103 Å². The van der Waals surface area contributed by atoms with Gasteiger partial charge in [-0.3, -0.25) is 10.1 Å². The number of anilines is 1. The molecule has 0 fully saturated rings. The van der Waals surface area contributed by atoms with E-state index in [-0.39, 0.29) is 6.15 Å². The number of hydrogen-bond acceptors (Lipinski definition) is 4. The van der Waals surface area contributed by atoms with Gasteiger partial charge in [0.25, 0.3) is 0 Å². The molecule has 0 saturated carbocycles. The summed E-state index contributed by atoms with van der Waals surface area (Å²) in [7, 11) is 0. The van der Waals surface area contributed by atoms with Crippen LogP contribution in [0.3, 0.4) is 0 Å². The van der Waals surface area contributed by atoms with Crippen molar-refractivity contribution in [3.63, 3.8) is 0 Å². The van der Waals surface area contributed by atoms with E-state index in [1.54, 1.807) is 18.6 Å². The van der Waals surface area contributed by atoms with Crippen molar-refractivity contribution < 1.29 is 0 Å². The van der Waals surface area contributed by atoms with Gasteiger partial charge in [0.15, 0.2) is 0 Å². The Morgan fingerprint density at radius 3 is 2.69 bits per heavy atom. The summed E-state index contributed by atoms with van der Waals surface area (Å²) in [6.45, 7) is 0. The smallest absolute Gasteiger partial charge is 0.0671 e. The van der Waals surface area contributed by atoms with E-state index in [2.05, 4.69) is 15.2 Å². The molecule has 5 heteroatoms. The maximum Gasteiger partial charge on any atom is 0.0671 e. The summed E-state index contributed by atoms with van der Waals surface area (Å²) in [5.74, 6) is 0. The van der Waals surface area contributed by atoms with Gasteiger partial charge >= 0.3 is 0 Å². The van der Waals surface area contributed by atoms with Crippen LogP contribution in [0.5, 0.6) is 0 Å². The molecule has 0 aromatic carbocycles. The van der Waals surface area contributed by atoms with Crippen LogP contribution in [0.25, 0.3) is 11.3 Å². The average molecular weight is 177 g/mol. The Hall–Kier alpha value is -1.88. The number of nitrogens with zero attached hydrogens (tertiary/aromatic N) is 2. The van der Waals surface area contributed by atoms with E-state index in [4.69, 9.17) is 5.73 Å². The van der Waals surface area contributed by atoms with Crippen LogP contribution in [-0.4, -0.2) is 15.2 Å². The van der Waals surface area contributed by atoms with Crippen LogP contribution in [0.4, 0.5) is 5.69 Å². The van der Waals surface area contributed by atoms with E-state index in [0.29, 0.717) is 5.69 Å². The Morgan fingerprint density at radius 2 is 2.08 bits per heavy atom. The monoisotopic (exact) mass is 177 g/mol. The van der Waals surface area contributed by atoms with Crippen molar-refractivity contribution >= 4 is 5.69 Å². The highest BCUT2D eigenvalue weighted by atomic mass is 15.1. The third-order valence-corrected chi connectivity index (χ3v) is 1.64. The van der Waals surface area contributed by atoms with Gasteiger partial charge in [-0.05, 0) is 12.1 Å². The SMILES string of the molecule is N.Nc1cnccc1-c1ccn[nH]1. The summed E-state index contributed by atoms with van der Waals surface area (Å²) in [5.41, 5.74) is 8.20.